The molecule has 0 amide bonds. The van der Waals surface area contributed by atoms with E-state index in [1.807, 2.05) is 23.6 Å². The van der Waals surface area contributed by atoms with Gasteiger partial charge in [0.25, 0.3) is 0 Å². The molecule has 0 fully saturated rings. The lowest BCUT2D eigenvalue weighted by molar-refractivity contribution is 0.626. The lowest BCUT2D eigenvalue weighted by Gasteiger charge is -2.00. The van der Waals surface area contributed by atoms with Gasteiger partial charge >= 0.3 is 0 Å². The zero-order valence-electron chi connectivity index (χ0n) is 10.3. The Kier molecular flexibility index (Phi) is 4.03. The van der Waals surface area contributed by atoms with E-state index in [-0.39, 0.29) is 0 Å². The molecule has 2 rings (SSSR count). The van der Waals surface area contributed by atoms with Gasteiger partial charge in [0.15, 0.2) is 11.5 Å². The Morgan fingerprint density at radius 2 is 1.94 bits per heavy atom. The number of unbranched alkanes of at least 4 members (excludes halogenated alkanes) is 3. The molecule has 2 N–H and O–H groups in total. The number of hydrogen-bond acceptors (Lipinski definition) is 4. The summed E-state index contributed by atoms with van der Waals surface area (Å²) in [6.45, 7) is 2.76. The van der Waals surface area contributed by atoms with Gasteiger partial charge in [-0.15, -0.1) is 10.2 Å². The molecule has 0 aliphatic heterocycles. The normalized spacial score (nSPS) is 11.2. The second-order valence-electron chi connectivity index (χ2n) is 4.31. The first-order valence-corrected chi connectivity index (χ1v) is 6.19. The highest BCUT2D eigenvalue weighted by Gasteiger charge is 2.05. The van der Waals surface area contributed by atoms with Gasteiger partial charge in [-0.25, -0.2) is 0 Å². The number of aryl methyl sites for hydroxylation is 2. The van der Waals surface area contributed by atoms with E-state index in [2.05, 4.69) is 15.3 Å². The first-order chi connectivity index (χ1) is 8.31. The van der Waals surface area contributed by atoms with Crippen LogP contribution in [0.2, 0.25) is 0 Å². The molecule has 0 unspecified atom stereocenters. The maximum absolute atomic E-state index is 5.46. The Balaban J connectivity index is 1.96. The van der Waals surface area contributed by atoms with Gasteiger partial charge in [-0.2, -0.15) is 9.61 Å². The van der Waals surface area contributed by atoms with E-state index in [0.29, 0.717) is 0 Å². The summed E-state index contributed by atoms with van der Waals surface area (Å²) in [6.07, 6.45) is 5.55. The summed E-state index contributed by atoms with van der Waals surface area (Å²) in [5, 5.41) is 12.7. The third-order valence-corrected chi connectivity index (χ3v) is 2.82. The van der Waals surface area contributed by atoms with Crippen molar-refractivity contribution in [2.75, 3.05) is 6.54 Å². The molecule has 17 heavy (non-hydrogen) atoms. The van der Waals surface area contributed by atoms with Crippen molar-refractivity contribution in [2.24, 2.45) is 5.73 Å². The van der Waals surface area contributed by atoms with Crippen LogP contribution in [-0.4, -0.2) is 26.4 Å². The fraction of sp³-hybridized carbons (Fsp3) is 0.583. The second kappa shape index (κ2) is 5.72. The number of hydrogen-bond donors (Lipinski definition) is 1. The Bertz CT molecular complexity index is 477. The van der Waals surface area contributed by atoms with Crippen LogP contribution >= 0.6 is 0 Å². The molecule has 2 aromatic rings. The summed E-state index contributed by atoms with van der Waals surface area (Å²) >= 11 is 0. The summed E-state index contributed by atoms with van der Waals surface area (Å²) in [5.41, 5.74) is 7.27. The summed E-state index contributed by atoms with van der Waals surface area (Å²) in [7, 11) is 0. The van der Waals surface area contributed by atoms with Crippen LogP contribution in [0.15, 0.2) is 12.1 Å². The highest BCUT2D eigenvalue weighted by atomic mass is 15.4. The van der Waals surface area contributed by atoms with Gasteiger partial charge in [0.05, 0.1) is 5.69 Å². The molecule has 0 atom stereocenters. The van der Waals surface area contributed by atoms with E-state index in [1.165, 1.54) is 12.8 Å². The van der Waals surface area contributed by atoms with Gasteiger partial charge in [0, 0.05) is 6.42 Å². The Morgan fingerprint density at radius 3 is 2.76 bits per heavy atom. The smallest absolute Gasteiger partial charge is 0.177 e. The maximum Gasteiger partial charge on any atom is 0.177 e. The second-order valence-corrected chi connectivity index (χ2v) is 4.31. The van der Waals surface area contributed by atoms with Crippen LogP contribution in [0.25, 0.3) is 5.65 Å². The molecule has 0 saturated heterocycles. The molecule has 5 heteroatoms. The summed E-state index contributed by atoms with van der Waals surface area (Å²) in [5.74, 6) is 0.955. The fourth-order valence-electron chi connectivity index (χ4n) is 1.86. The number of fused-ring (bicyclic) bond motifs is 1. The third kappa shape index (κ3) is 3.00. The molecule has 0 radical (unpaired) electrons. The first kappa shape index (κ1) is 12.0. The molecule has 0 saturated carbocycles. The van der Waals surface area contributed by atoms with Crippen LogP contribution in [0, 0.1) is 6.92 Å². The zero-order chi connectivity index (χ0) is 12.1. The average Bonchev–Trinajstić information content (AvgIpc) is 2.72. The Morgan fingerprint density at radius 1 is 1.12 bits per heavy atom. The minimum Gasteiger partial charge on any atom is -0.330 e. The van der Waals surface area contributed by atoms with Crippen molar-refractivity contribution in [1.29, 1.82) is 0 Å². The average molecular weight is 233 g/mol. The predicted octanol–water partition coefficient (Wildman–Crippen LogP) is 1.49. The molecule has 2 heterocycles. The largest absolute Gasteiger partial charge is 0.330 e. The quantitative estimate of drug-likeness (QED) is 0.767. The Labute approximate surface area is 101 Å². The van der Waals surface area contributed by atoms with Crippen LogP contribution in [-0.2, 0) is 6.42 Å². The molecule has 5 nitrogen and oxygen atoms in total. The van der Waals surface area contributed by atoms with Crippen molar-refractivity contribution in [3.8, 4) is 0 Å². The van der Waals surface area contributed by atoms with Gasteiger partial charge in [-0.3, -0.25) is 0 Å². The van der Waals surface area contributed by atoms with Gasteiger partial charge < -0.3 is 5.73 Å². The minimum absolute atomic E-state index is 0.786. The van der Waals surface area contributed by atoms with Crippen LogP contribution in [0.3, 0.4) is 0 Å². The lowest BCUT2D eigenvalue weighted by Crippen LogP contribution is -2.01. The molecule has 0 aromatic carbocycles. The molecule has 0 aliphatic carbocycles. The minimum atomic E-state index is 0.786. The van der Waals surface area contributed by atoms with Crippen LogP contribution in [0.1, 0.15) is 37.2 Å². The van der Waals surface area contributed by atoms with Crippen molar-refractivity contribution >= 4 is 5.65 Å². The molecule has 0 bridgehead atoms. The topological polar surface area (TPSA) is 69.1 Å². The number of aromatic nitrogens is 4. The number of nitrogens with zero attached hydrogens (tertiary/aromatic N) is 4. The van der Waals surface area contributed by atoms with E-state index >= 15 is 0 Å². The first-order valence-electron chi connectivity index (χ1n) is 6.19. The summed E-state index contributed by atoms with van der Waals surface area (Å²) in [6, 6.07) is 3.91. The highest BCUT2D eigenvalue weighted by molar-refractivity contribution is 5.35. The molecular weight excluding hydrogens is 214 g/mol. The third-order valence-electron chi connectivity index (χ3n) is 2.82. The van der Waals surface area contributed by atoms with Crippen LogP contribution < -0.4 is 5.73 Å². The van der Waals surface area contributed by atoms with Gasteiger partial charge in [0.1, 0.15) is 0 Å². The van der Waals surface area contributed by atoms with Crippen molar-refractivity contribution in [3.63, 3.8) is 0 Å². The van der Waals surface area contributed by atoms with E-state index < -0.39 is 0 Å². The highest BCUT2D eigenvalue weighted by Crippen LogP contribution is 2.07. The molecule has 0 spiro atoms. The van der Waals surface area contributed by atoms with Crippen LogP contribution in [0.5, 0.6) is 0 Å². The SMILES string of the molecule is Cc1ccc2nnc(CCCCCCN)n2n1. The van der Waals surface area contributed by atoms with Gasteiger partial charge in [0.2, 0.25) is 0 Å². The van der Waals surface area contributed by atoms with Crippen molar-refractivity contribution in [1.82, 2.24) is 19.8 Å². The van der Waals surface area contributed by atoms with Crippen molar-refractivity contribution < 1.29 is 0 Å². The standard InChI is InChI=1S/C12H19N5/c1-10-7-8-12-15-14-11(17(12)16-10)6-4-2-3-5-9-13/h7-8H,2-6,9,13H2,1H3. The van der Waals surface area contributed by atoms with Gasteiger partial charge in [-0.1, -0.05) is 12.8 Å². The Hall–Kier alpha value is -1.49. The van der Waals surface area contributed by atoms with E-state index in [4.69, 9.17) is 5.73 Å². The zero-order valence-corrected chi connectivity index (χ0v) is 10.3. The summed E-state index contributed by atoms with van der Waals surface area (Å²) in [4.78, 5) is 0. The molecular formula is C12H19N5. The number of rotatable bonds is 6. The number of nitrogens with two attached hydrogens (primary N) is 1. The van der Waals surface area contributed by atoms with E-state index in [1.54, 1.807) is 0 Å². The van der Waals surface area contributed by atoms with Gasteiger partial charge in [-0.05, 0) is 38.4 Å². The maximum atomic E-state index is 5.46. The monoisotopic (exact) mass is 233 g/mol. The lowest BCUT2D eigenvalue weighted by atomic mass is 10.1. The molecule has 92 valence electrons. The summed E-state index contributed by atoms with van der Waals surface area (Å²) < 4.78 is 1.85. The fourth-order valence-corrected chi connectivity index (χ4v) is 1.86. The van der Waals surface area contributed by atoms with Crippen molar-refractivity contribution in [2.45, 2.75) is 39.0 Å². The van der Waals surface area contributed by atoms with E-state index in [0.717, 1.165) is 43.0 Å². The predicted molar refractivity (Wildman–Crippen MR) is 66.7 cm³/mol. The molecule has 2 aromatic heterocycles. The molecule has 0 aliphatic rings. The van der Waals surface area contributed by atoms with Crippen LogP contribution in [0.4, 0.5) is 0 Å². The van der Waals surface area contributed by atoms with E-state index in [9.17, 15) is 0 Å². The van der Waals surface area contributed by atoms with Crippen molar-refractivity contribution in [3.05, 3.63) is 23.7 Å².